The molecule has 4 atom stereocenters. The predicted molar refractivity (Wildman–Crippen MR) is 122 cm³/mol. The number of nitrogens with one attached hydrogen (secondary N) is 3. The van der Waals surface area contributed by atoms with Crippen LogP contribution >= 0.6 is 0 Å². The number of carbonyl (C=O) groups is 3. The highest BCUT2D eigenvalue weighted by Gasteiger charge is 2.43. The van der Waals surface area contributed by atoms with E-state index in [1.54, 1.807) is 0 Å². The van der Waals surface area contributed by atoms with E-state index in [0.717, 1.165) is 24.8 Å². The van der Waals surface area contributed by atoms with Crippen LogP contribution in [0.4, 0.5) is 4.79 Å². The molecule has 2 aliphatic rings. The van der Waals surface area contributed by atoms with E-state index in [1.165, 1.54) is 6.92 Å². The number of carbonyl (C=O) groups excluding carboxylic acids is 3. The van der Waals surface area contributed by atoms with Crippen molar-refractivity contribution in [3.05, 3.63) is 35.9 Å². The molecule has 176 valence electrons. The molecule has 0 radical (unpaired) electrons. The minimum absolute atomic E-state index is 0.0170. The molecule has 1 aliphatic carbocycles. The van der Waals surface area contributed by atoms with Crippen molar-refractivity contribution < 1.29 is 19.1 Å². The molecule has 1 aromatic rings. The number of nitrogens with zero attached hydrogens (tertiary/aromatic N) is 1. The Hall–Kier alpha value is -2.61. The number of hydrogen-bond donors (Lipinski definition) is 3. The van der Waals surface area contributed by atoms with Gasteiger partial charge in [-0.2, -0.15) is 0 Å². The molecule has 1 aromatic carbocycles. The van der Waals surface area contributed by atoms with Gasteiger partial charge in [-0.25, -0.2) is 4.79 Å². The monoisotopic (exact) mass is 444 g/mol. The van der Waals surface area contributed by atoms with Crippen LogP contribution in [0, 0.1) is 0 Å². The van der Waals surface area contributed by atoms with Crippen LogP contribution in [0.15, 0.2) is 30.3 Å². The van der Waals surface area contributed by atoms with Crippen molar-refractivity contribution in [1.29, 1.82) is 0 Å². The summed E-state index contributed by atoms with van der Waals surface area (Å²) < 4.78 is 5.27. The summed E-state index contributed by atoms with van der Waals surface area (Å²) in [4.78, 5) is 39.0. The van der Waals surface area contributed by atoms with Crippen LogP contribution in [0.3, 0.4) is 0 Å². The van der Waals surface area contributed by atoms with E-state index in [-0.39, 0.29) is 42.1 Å². The molecular formula is C24H36N4O4. The summed E-state index contributed by atoms with van der Waals surface area (Å²) in [6.07, 6.45) is 2.44. The molecular weight excluding hydrogens is 408 g/mol. The summed E-state index contributed by atoms with van der Waals surface area (Å²) in [5, 5.41) is 9.38. The number of rotatable bonds is 6. The largest absolute Gasteiger partial charge is 0.445 e. The van der Waals surface area contributed by atoms with Crippen molar-refractivity contribution >= 4 is 17.9 Å². The Labute approximate surface area is 190 Å². The molecule has 0 aromatic heterocycles. The molecule has 1 saturated carbocycles. The number of likely N-dealkylation sites (tertiary alicyclic amines) is 1. The van der Waals surface area contributed by atoms with Gasteiger partial charge >= 0.3 is 6.09 Å². The van der Waals surface area contributed by atoms with Crippen LogP contribution in [0.5, 0.6) is 0 Å². The highest BCUT2D eigenvalue weighted by atomic mass is 16.5. The van der Waals surface area contributed by atoms with E-state index in [2.05, 4.69) is 36.7 Å². The van der Waals surface area contributed by atoms with Crippen molar-refractivity contribution in [2.45, 2.75) is 89.7 Å². The average Bonchev–Trinajstić information content (AvgIpc) is 3.06. The van der Waals surface area contributed by atoms with E-state index >= 15 is 0 Å². The van der Waals surface area contributed by atoms with Crippen LogP contribution in [0.1, 0.15) is 58.9 Å². The summed E-state index contributed by atoms with van der Waals surface area (Å²) >= 11 is 0. The maximum atomic E-state index is 13.1. The van der Waals surface area contributed by atoms with Crippen LogP contribution in [0.25, 0.3) is 0 Å². The third-order valence-electron chi connectivity index (χ3n) is 5.98. The number of alkyl carbamates (subject to hydrolysis) is 1. The fraction of sp³-hybridized carbons (Fsp3) is 0.625. The first-order valence-corrected chi connectivity index (χ1v) is 11.4. The van der Waals surface area contributed by atoms with E-state index < -0.39 is 12.1 Å². The van der Waals surface area contributed by atoms with Gasteiger partial charge in [0, 0.05) is 25.0 Å². The van der Waals surface area contributed by atoms with Crippen LogP contribution < -0.4 is 16.0 Å². The van der Waals surface area contributed by atoms with Gasteiger partial charge in [0.1, 0.15) is 12.6 Å². The molecule has 0 bridgehead atoms. The molecule has 2 fully saturated rings. The van der Waals surface area contributed by atoms with Gasteiger partial charge in [0.05, 0.1) is 12.1 Å². The van der Waals surface area contributed by atoms with Gasteiger partial charge in [0.15, 0.2) is 0 Å². The molecule has 1 heterocycles. The summed E-state index contributed by atoms with van der Waals surface area (Å²) in [6.45, 7) is 8.61. The maximum Gasteiger partial charge on any atom is 0.408 e. The van der Waals surface area contributed by atoms with Gasteiger partial charge in [-0.15, -0.1) is 0 Å². The fourth-order valence-corrected chi connectivity index (χ4v) is 4.76. The van der Waals surface area contributed by atoms with Gasteiger partial charge in [-0.3, -0.25) is 9.59 Å². The summed E-state index contributed by atoms with van der Waals surface area (Å²) in [5.74, 6) is -0.202. The second-order valence-electron chi connectivity index (χ2n) is 9.86. The summed E-state index contributed by atoms with van der Waals surface area (Å²) in [7, 11) is 0. The molecule has 8 heteroatoms. The Morgan fingerprint density at radius 2 is 1.81 bits per heavy atom. The van der Waals surface area contributed by atoms with Crippen molar-refractivity contribution in [3.8, 4) is 0 Å². The van der Waals surface area contributed by atoms with Crippen molar-refractivity contribution in [1.82, 2.24) is 20.9 Å². The lowest BCUT2D eigenvalue weighted by Gasteiger charge is -2.43. The number of ether oxygens (including phenoxy) is 1. The molecule has 3 rings (SSSR count). The molecule has 3 N–H and O–H groups in total. The Morgan fingerprint density at radius 1 is 1.09 bits per heavy atom. The SMILES string of the molecule is CC(=O)N[C@H]1C[C@H](NC(C)(C)C)CC[C@@H]1N1CC[C@H](NC(=O)OCc2ccccc2)C1=O. The second kappa shape index (κ2) is 10.3. The zero-order valence-electron chi connectivity index (χ0n) is 19.5. The Kier molecular flexibility index (Phi) is 7.77. The smallest absolute Gasteiger partial charge is 0.408 e. The molecule has 0 unspecified atom stereocenters. The second-order valence-corrected chi connectivity index (χ2v) is 9.86. The first-order valence-electron chi connectivity index (χ1n) is 11.4. The standard InChI is InChI=1S/C24H36N4O4/c1-16(29)25-20-14-18(27-24(2,3)4)10-11-21(20)28-13-12-19(22(28)30)26-23(31)32-15-17-8-6-5-7-9-17/h5-9,18-21,27H,10-15H2,1-4H3,(H,25,29)(H,26,31)/t18-,19+,20+,21+/m1/s1. The van der Waals surface area contributed by atoms with Crippen LogP contribution in [0.2, 0.25) is 0 Å². The summed E-state index contributed by atoms with van der Waals surface area (Å²) in [6, 6.07) is 8.91. The first-order chi connectivity index (χ1) is 15.1. The number of amides is 3. The topological polar surface area (TPSA) is 99.8 Å². The number of hydrogen-bond acceptors (Lipinski definition) is 5. The van der Waals surface area contributed by atoms with Crippen molar-refractivity contribution in [2.75, 3.05) is 6.54 Å². The third kappa shape index (κ3) is 6.69. The zero-order valence-corrected chi connectivity index (χ0v) is 19.5. The summed E-state index contributed by atoms with van der Waals surface area (Å²) in [5.41, 5.74) is 0.873. The van der Waals surface area contributed by atoms with E-state index in [4.69, 9.17) is 4.74 Å². The van der Waals surface area contributed by atoms with Gasteiger partial charge < -0.3 is 25.6 Å². The molecule has 8 nitrogen and oxygen atoms in total. The minimum Gasteiger partial charge on any atom is -0.445 e. The van der Waals surface area contributed by atoms with E-state index in [0.29, 0.717) is 13.0 Å². The highest BCUT2D eigenvalue weighted by Crippen LogP contribution is 2.28. The molecule has 1 aliphatic heterocycles. The van der Waals surface area contributed by atoms with Crippen LogP contribution in [-0.4, -0.2) is 59.1 Å². The van der Waals surface area contributed by atoms with Crippen molar-refractivity contribution in [2.24, 2.45) is 0 Å². The quantitative estimate of drug-likeness (QED) is 0.625. The van der Waals surface area contributed by atoms with Gasteiger partial charge in [0.25, 0.3) is 0 Å². The van der Waals surface area contributed by atoms with E-state index in [9.17, 15) is 14.4 Å². The lowest BCUT2D eigenvalue weighted by molar-refractivity contribution is -0.133. The Morgan fingerprint density at radius 3 is 2.47 bits per heavy atom. The average molecular weight is 445 g/mol. The Balaban J connectivity index is 1.56. The molecule has 3 amide bonds. The van der Waals surface area contributed by atoms with Gasteiger partial charge in [0.2, 0.25) is 11.8 Å². The normalized spacial score (nSPS) is 26.0. The third-order valence-corrected chi connectivity index (χ3v) is 5.98. The number of benzene rings is 1. The lowest BCUT2D eigenvalue weighted by atomic mass is 9.84. The van der Waals surface area contributed by atoms with Crippen LogP contribution in [-0.2, 0) is 20.9 Å². The molecule has 32 heavy (non-hydrogen) atoms. The minimum atomic E-state index is -0.596. The molecule has 1 saturated heterocycles. The highest BCUT2D eigenvalue weighted by molar-refractivity contribution is 5.88. The first kappa shape index (κ1) is 24.0. The zero-order chi connectivity index (χ0) is 23.3. The maximum absolute atomic E-state index is 13.1. The molecule has 0 spiro atoms. The fourth-order valence-electron chi connectivity index (χ4n) is 4.76. The van der Waals surface area contributed by atoms with E-state index in [1.807, 2.05) is 35.2 Å². The predicted octanol–water partition coefficient (Wildman–Crippen LogP) is 2.33. The van der Waals surface area contributed by atoms with Gasteiger partial charge in [-0.05, 0) is 52.0 Å². The Bertz CT molecular complexity index is 808. The lowest BCUT2D eigenvalue weighted by Crippen LogP contribution is -2.59. The van der Waals surface area contributed by atoms with Gasteiger partial charge in [-0.1, -0.05) is 30.3 Å². The van der Waals surface area contributed by atoms with Crippen molar-refractivity contribution in [3.63, 3.8) is 0 Å².